The first kappa shape index (κ1) is 23.6. The first-order valence-electron chi connectivity index (χ1n) is 11.1. The molecule has 0 bridgehead atoms. The third-order valence-corrected chi connectivity index (χ3v) is 6.07. The van der Waals surface area contributed by atoms with E-state index in [0.29, 0.717) is 37.4 Å². The molecule has 1 N–H and O–H groups in total. The summed E-state index contributed by atoms with van der Waals surface area (Å²) in [5, 5.41) is 9.15. The van der Waals surface area contributed by atoms with Crippen LogP contribution >= 0.6 is 0 Å². The Bertz CT molecular complexity index is 974. The summed E-state index contributed by atoms with van der Waals surface area (Å²) in [6, 6.07) is 11.2. The van der Waals surface area contributed by atoms with E-state index in [1.54, 1.807) is 16.7 Å². The Labute approximate surface area is 190 Å². The molecular weight excluding hydrogens is 406 g/mol. The van der Waals surface area contributed by atoms with E-state index in [9.17, 15) is 9.59 Å². The maximum atomic E-state index is 13.6. The van der Waals surface area contributed by atoms with Gasteiger partial charge >= 0.3 is 6.09 Å². The van der Waals surface area contributed by atoms with Gasteiger partial charge in [0.15, 0.2) is 0 Å². The van der Waals surface area contributed by atoms with Crippen LogP contribution < -0.4 is 14.7 Å². The number of amides is 2. The average Bonchev–Trinajstić information content (AvgIpc) is 2.78. The quantitative estimate of drug-likeness (QED) is 0.733. The predicted octanol–water partition coefficient (Wildman–Crippen LogP) is 4.13. The number of anilines is 3. The van der Waals surface area contributed by atoms with E-state index in [1.165, 1.54) is 0 Å². The maximum absolute atomic E-state index is 13.6. The molecule has 1 aliphatic heterocycles. The van der Waals surface area contributed by atoms with E-state index in [1.807, 2.05) is 69.1 Å². The van der Waals surface area contributed by atoms with Gasteiger partial charge in [0.05, 0.1) is 30.6 Å². The monoisotopic (exact) mass is 439 g/mol. The number of aliphatic hydroxyl groups is 1. The molecule has 7 heteroatoms. The molecule has 1 atom stereocenters. The molecule has 0 saturated carbocycles. The zero-order chi connectivity index (χ0) is 23.4. The fraction of sp³-hybridized carbons (Fsp3) is 0.440. The van der Waals surface area contributed by atoms with Gasteiger partial charge < -0.3 is 19.6 Å². The van der Waals surface area contributed by atoms with E-state index in [2.05, 4.69) is 0 Å². The molecule has 2 aromatic rings. The molecule has 0 saturated heterocycles. The minimum atomic E-state index is -0.382. The zero-order valence-electron chi connectivity index (χ0n) is 19.6. The SMILES string of the molecule is CCOC(=O)N1c2cc(C)c(C)cc2N(C(=O)c2ccc(N(C)CCO)cc2)CC1CC. The van der Waals surface area contributed by atoms with Gasteiger partial charge in [-0.2, -0.15) is 0 Å². The summed E-state index contributed by atoms with van der Waals surface area (Å²) < 4.78 is 5.34. The van der Waals surface area contributed by atoms with Gasteiger partial charge in [0, 0.05) is 31.4 Å². The topological polar surface area (TPSA) is 73.3 Å². The van der Waals surface area contributed by atoms with E-state index in [4.69, 9.17) is 9.84 Å². The molecular formula is C25H33N3O4. The van der Waals surface area contributed by atoms with E-state index in [-0.39, 0.29) is 24.6 Å². The van der Waals surface area contributed by atoms with E-state index >= 15 is 0 Å². The summed E-state index contributed by atoms with van der Waals surface area (Å²) in [7, 11) is 1.90. The summed E-state index contributed by atoms with van der Waals surface area (Å²) in [4.78, 5) is 31.8. The number of hydrogen-bond acceptors (Lipinski definition) is 5. The molecule has 2 aromatic carbocycles. The zero-order valence-corrected chi connectivity index (χ0v) is 19.6. The highest BCUT2D eigenvalue weighted by atomic mass is 16.6. The van der Waals surface area contributed by atoms with Gasteiger partial charge in [-0.05, 0) is 74.7 Å². The van der Waals surface area contributed by atoms with Crippen molar-refractivity contribution in [1.29, 1.82) is 0 Å². The van der Waals surface area contributed by atoms with Crippen LogP contribution in [0.3, 0.4) is 0 Å². The van der Waals surface area contributed by atoms with Crippen molar-refractivity contribution in [3.63, 3.8) is 0 Å². The van der Waals surface area contributed by atoms with Gasteiger partial charge in [-0.3, -0.25) is 9.69 Å². The molecule has 0 fully saturated rings. The van der Waals surface area contributed by atoms with Gasteiger partial charge in [0.25, 0.3) is 5.91 Å². The first-order valence-corrected chi connectivity index (χ1v) is 11.1. The van der Waals surface area contributed by atoms with Crippen molar-refractivity contribution in [2.45, 2.75) is 40.2 Å². The number of hydrogen-bond donors (Lipinski definition) is 1. The molecule has 1 heterocycles. The fourth-order valence-corrected chi connectivity index (χ4v) is 4.02. The molecule has 1 aliphatic rings. The molecule has 3 rings (SSSR count). The van der Waals surface area contributed by atoms with Crippen LogP contribution in [-0.2, 0) is 4.74 Å². The summed E-state index contributed by atoms with van der Waals surface area (Å²) in [5.74, 6) is -0.104. The van der Waals surface area contributed by atoms with Crippen molar-refractivity contribution in [2.24, 2.45) is 0 Å². The lowest BCUT2D eigenvalue weighted by Gasteiger charge is -2.42. The van der Waals surface area contributed by atoms with Crippen LogP contribution in [0.4, 0.5) is 21.9 Å². The maximum Gasteiger partial charge on any atom is 0.414 e. The largest absolute Gasteiger partial charge is 0.449 e. The van der Waals surface area contributed by atoms with Crippen LogP contribution in [0.5, 0.6) is 0 Å². The summed E-state index contributed by atoms with van der Waals surface area (Å²) in [5.41, 5.74) is 5.05. The molecule has 2 amide bonds. The number of carbonyl (C=O) groups is 2. The van der Waals surface area contributed by atoms with Crippen molar-refractivity contribution < 1.29 is 19.4 Å². The van der Waals surface area contributed by atoms with Crippen molar-refractivity contribution in [3.05, 3.63) is 53.1 Å². The van der Waals surface area contributed by atoms with Crippen LogP contribution in [0, 0.1) is 13.8 Å². The van der Waals surface area contributed by atoms with Crippen LogP contribution in [-0.4, -0.2) is 56.5 Å². The van der Waals surface area contributed by atoms with Gasteiger partial charge in [-0.1, -0.05) is 6.92 Å². The Hall–Kier alpha value is -3.06. The predicted molar refractivity (Wildman–Crippen MR) is 128 cm³/mol. The lowest BCUT2D eigenvalue weighted by atomic mass is 9.99. The number of likely N-dealkylation sites (N-methyl/N-ethyl adjacent to an activating group) is 1. The third-order valence-electron chi connectivity index (χ3n) is 6.07. The second-order valence-corrected chi connectivity index (χ2v) is 8.16. The number of aliphatic hydroxyl groups excluding tert-OH is 1. The number of fused-ring (bicyclic) bond motifs is 1. The van der Waals surface area contributed by atoms with Crippen LogP contribution in [0.2, 0.25) is 0 Å². The van der Waals surface area contributed by atoms with Crippen LogP contribution in [0.15, 0.2) is 36.4 Å². The molecule has 32 heavy (non-hydrogen) atoms. The highest BCUT2D eigenvalue weighted by Gasteiger charge is 2.37. The lowest BCUT2D eigenvalue weighted by molar-refractivity contribution is 0.0981. The highest BCUT2D eigenvalue weighted by Crippen LogP contribution is 2.39. The summed E-state index contributed by atoms with van der Waals surface area (Å²) >= 11 is 0. The number of rotatable bonds is 6. The molecule has 1 unspecified atom stereocenters. The Morgan fingerprint density at radius 3 is 2.28 bits per heavy atom. The Balaban J connectivity index is 2.01. The minimum absolute atomic E-state index is 0.0654. The smallest absolute Gasteiger partial charge is 0.414 e. The molecule has 0 aliphatic carbocycles. The first-order chi connectivity index (χ1) is 15.3. The molecule has 0 aromatic heterocycles. The van der Waals surface area contributed by atoms with Crippen molar-refractivity contribution in [1.82, 2.24) is 0 Å². The minimum Gasteiger partial charge on any atom is -0.449 e. The van der Waals surface area contributed by atoms with Crippen LogP contribution in [0.25, 0.3) is 0 Å². The number of nitrogens with zero attached hydrogens (tertiary/aromatic N) is 3. The summed E-state index contributed by atoms with van der Waals surface area (Å²) in [6.07, 6.45) is 0.312. The van der Waals surface area contributed by atoms with E-state index < -0.39 is 0 Å². The fourth-order valence-electron chi connectivity index (χ4n) is 4.02. The van der Waals surface area contributed by atoms with Crippen molar-refractivity contribution >= 4 is 29.1 Å². The summed E-state index contributed by atoms with van der Waals surface area (Å²) in [6.45, 7) is 9.09. The van der Waals surface area contributed by atoms with Crippen molar-refractivity contribution in [3.8, 4) is 0 Å². The Kier molecular flexibility index (Phi) is 7.40. The van der Waals surface area contributed by atoms with Gasteiger partial charge in [0.2, 0.25) is 0 Å². The highest BCUT2D eigenvalue weighted by molar-refractivity contribution is 6.10. The average molecular weight is 440 g/mol. The van der Waals surface area contributed by atoms with Crippen molar-refractivity contribution in [2.75, 3.05) is 48.1 Å². The normalized spacial score (nSPS) is 15.4. The second-order valence-electron chi connectivity index (χ2n) is 8.16. The molecule has 7 nitrogen and oxygen atoms in total. The van der Waals surface area contributed by atoms with Gasteiger partial charge in [-0.25, -0.2) is 4.79 Å². The molecule has 0 radical (unpaired) electrons. The number of benzene rings is 2. The second kappa shape index (κ2) is 10.0. The Morgan fingerprint density at radius 2 is 1.72 bits per heavy atom. The number of carbonyl (C=O) groups excluding carboxylic acids is 2. The standard InChI is InChI=1S/C25H33N3O4/c1-6-20-16-27(24(30)19-8-10-21(11-9-19)26(5)12-13-29)22-14-17(3)18(4)15-23(22)28(20)25(31)32-7-2/h8-11,14-15,20,29H,6-7,12-13,16H2,1-5H3. The lowest BCUT2D eigenvalue weighted by Crippen LogP contribution is -2.53. The molecule has 0 spiro atoms. The number of ether oxygens (including phenoxy) is 1. The van der Waals surface area contributed by atoms with Gasteiger partial charge in [0.1, 0.15) is 0 Å². The third kappa shape index (κ3) is 4.58. The van der Waals surface area contributed by atoms with E-state index in [0.717, 1.165) is 22.5 Å². The van der Waals surface area contributed by atoms with Gasteiger partial charge in [-0.15, -0.1) is 0 Å². The van der Waals surface area contributed by atoms with Crippen LogP contribution in [0.1, 0.15) is 41.8 Å². The number of aryl methyl sites for hydroxylation is 2. The Morgan fingerprint density at radius 1 is 1.09 bits per heavy atom. The molecule has 172 valence electrons.